The van der Waals surface area contributed by atoms with Crippen molar-refractivity contribution in [1.82, 2.24) is 0 Å². The molecule has 0 rings (SSSR count). The molecule has 0 N–H and O–H groups in total. The van der Waals surface area contributed by atoms with Gasteiger partial charge < -0.3 is 25.5 Å². The Balaban J connectivity index is -0.0000000133. The first-order valence-electron chi connectivity index (χ1n) is 6.36. The van der Waals surface area contributed by atoms with Gasteiger partial charge in [0.25, 0.3) is 0 Å². The molecule has 0 nitrogen and oxygen atoms in total. The molecule has 0 saturated heterocycles. The molecule has 0 aliphatic carbocycles. The molecule has 0 aliphatic rings. The second-order valence-corrected chi connectivity index (χ2v) is 4.09. The van der Waals surface area contributed by atoms with Crippen molar-refractivity contribution in [3.63, 3.8) is 0 Å². The molecule has 2 heteroatoms. The van der Waals surface area contributed by atoms with Gasteiger partial charge in [-0.15, -0.1) is 0 Å². The fraction of sp³-hybridized carbons (Fsp3) is 0.714. The minimum atomic E-state index is 0. The van der Waals surface area contributed by atoms with Gasteiger partial charge in [0.1, 0.15) is 0 Å². The van der Waals surface area contributed by atoms with Gasteiger partial charge in [0.05, 0.1) is 0 Å². The molecule has 0 aliphatic heterocycles. The quantitative estimate of drug-likeness (QED) is 0.263. The summed E-state index contributed by atoms with van der Waals surface area (Å²) in [4.78, 5) is 0. The molecule has 0 aromatic rings. The normalized spacial score (nSPS) is 7.00. The molecule has 146 valence electrons. The van der Waals surface area contributed by atoms with Crippen molar-refractivity contribution in [3.05, 3.63) is 38.7 Å². The number of allylic oxidation sites excluding steroid dienone is 2. The van der Waals surface area contributed by atoms with E-state index < -0.39 is 0 Å². The Labute approximate surface area is 182 Å². The first-order chi connectivity index (χ1) is 7.99. The average molecular weight is 670 g/mol. The molecule has 0 heterocycles. The monoisotopic (exact) mass is 670 g/mol. The maximum Gasteiger partial charge on any atom is 2.00 e. The van der Waals surface area contributed by atoms with E-state index in [2.05, 4.69) is 66.3 Å². The van der Waals surface area contributed by atoms with Crippen LogP contribution >= 0.6 is 0 Å². The predicted octanol–water partition coefficient (Wildman–Crippen LogP) is 8.65. The van der Waals surface area contributed by atoms with Gasteiger partial charge >= 0.3 is 42.1 Å². The van der Waals surface area contributed by atoms with Crippen LogP contribution in [0.4, 0.5) is 0 Å². The molecule has 0 aromatic carbocycles. The zero-order valence-corrected chi connectivity index (χ0v) is 20.0. The van der Waals surface area contributed by atoms with Gasteiger partial charge in [-0.3, -0.25) is 13.2 Å². The van der Waals surface area contributed by atoms with Crippen LogP contribution in [0.15, 0.2) is 13.2 Å². The molecule has 23 heavy (non-hydrogen) atoms. The zero-order valence-electron chi connectivity index (χ0n) is 14.1. The first-order valence-corrected chi connectivity index (χ1v) is 6.36. The van der Waals surface area contributed by atoms with Gasteiger partial charge in [0.2, 0.25) is 0 Å². The fourth-order valence-electron chi connectivity index (χ4n) is 1.30. The minimum Gasteiger partial charge on any atom is -0.507 e. The van der Waals surface area contributed by atoms with Crippen LogP contribution in [-0.4, -0.2) is 0 Å². The van der Waals surface area contributed by atoms with Crippen LogP contribution in [0.1, 0.15) is 91.0 Å². The third-order valence-electron chi connectivity index (χ3n) is 1.51. The molecular weight excluding hydrogens is 620 g/mol. The van der Waals surface area contributed by atoms with Crippen LogP contribution in [-0.2, 0) is 42.1 Å². The second-order valence-electron chi connectivity index (χ2n) is 4.09. The molecule has 1 unspecified atom stereocenters. The van der Waals surface area contributed by atoms with E-state index in [1.165, 1.54) is 12.8 Å². The van der Waals surface area contributed by atoms with E-state index in [4.69, 9.17) is 0 Å². The van der Waals surface area contributed by atoms with Gasteiger partial charge in [-0.2, -0.15) is 34.1 Å². The van der Waals surface area contributed by atoms with Crippen LogP contribution in [0, 0.1) is 37.3 Å². The molecular formula is C21H50W2. The van der Waals surface area contributed by atoms with E-state index >= 15 is 0 Å². The van der Waals surface area contributed by atoms with Gasteiger partial charge in [-0.05, 0) is 5.92 Å². The van der Waals surface area contributed by atoms with Crippen molar-refractivity contribution in [2.75, 3.05) is 0 Å². The zero-order chi connectivity index (χ0) is 14.7. The van der Waals surface area contributed by atoms with E-state index in [9.17, 15) is 0 Å². The molecule has 0 bridgehead atoms. The van der Waals surface area contributed by atoms with Gasteiger partial charge in [-0.1, -0.05) is 62.8 Å². The predicted molar refractivity (Wildman–Crippen MR) is 110 cm³/mol. The van der Waals surface area contributed by atoms with E-state index in [1.807, 2.05) is 0 Å². The molecule has 0 aromatic heterocycles. The Morgan fingerprint density at radius 3 is 1.22 bits per heavy atom. The van der Waals surface area contributed by atoms with E-state index in [0.717, 1.165) is 11.8 Å². The Kier molecular flexibility index (Phi) is 219. The van der Waals surface area contributed by atoms with Gasteiger partial charge in [0, 0.05) is 0 Å². The Morgan fingerprint density at radius 1 is 0.870 bits per heavy atom. The summed E-state index contributed by atoms with van der Waals surface area (Å²) in [6, 6.07) is 0. The number of rotatable bonds is 4. The second kappa shape index (κ2) is 77.7. The van der Waals surface area contributed by atoms with Crippen molar-refractivity contribution >= 4 is 0 Å². The van der Waals surface area contributed by atoms with Crippen molar-refractivity contribution in [1.29, 1.82) is 0 Å². The summed E-state index contributed by atoms with van der Waals surface area (Å²) in [5.41, 5.74) is 0. The Morgan fingerprint density at radius 2 is 1.09 bits per heavy atom. The van der Waals surface area contributed by atoms with Crippen molar-refractivity contribution in [2.45, 2.75) is 91.0 Å². The standard InChI is InChI=1S/C9H19.2C3H5.C2H5.4CH4.2W/c1-5-6-9(4)7-8(2)3;2*1-3-2;1-2;;;;;;/h5,8-9H,6-7H2,1-4H3;2*1H2,2H3;1H2,2H3;4*1H4;;/q4*-1;;;;;2*+2. The van der Waals surface area contributed by atoms with E-state index in [0.29, 0.717) is 0 Å². The van der Waals surface area contributed by atoms with Crippen molar-refractivity contribution in [3.8, 4) is 0 Å². The summed E-state index contributed by atoms with van der Waals surface area (Å²) in [5, 5.41) is 0. The van der Waals surface area contributed by atoms with Crippen LogP contribution in [0.2, 0.25) is 0 Å². The van der Waals surface area contributed by atoms with E-state index in [1.54, 1.807) is 20.8 Å². The maximum absolute atomic E-state index is 3.25. The summed E-state index contributed by atoms with van der Waals surface area (Å²) in [5.74, 6) is 1.75. The van der Waals surface area contributed by atoms with Gasteiger partial charge in [0.15, 0.2) is 0 Å². The Hall–Kier alpha value is 0.857. The first kappa shape index (κ1) is 64.9. The third-order valence-corrected chi connectivity index (χ3v) is 1.51. The summed E-state index contributed by atoms with van der Waals surface area (Å²) in [6.07, 6.45) is 9.90. The van der Waals surface area contributed by atoms with Crippen LogP contribution in [0.3, 0.4) is 0 Å². The molecule has 0 fully saturated rings. The smallest absolute Gasteiger partial charge is 0.507 e. The summed E-state index contributed by atoms with van der Waals surface area (Å²) >= 11 is 0. The minimum absolute atomic E-state index is 0. The number of hydrogen-bond acceptors (Lipinski definition) is 0. The molecule has 0 radical (unpaired) electrons. The fourth-order valence-corrected chi connectivity index (χ4v) is 1.30. The summed E-state index contributed by atoms with van der Waals surface area (Å²) in [7, 11) is 0. The summed E-state index contributed by atoms with van der Waals surface area (Å²) in [6.45, 7) is 24.0. The number of hydrogen-bond donors (Lipinski definition) is 0. The summed E-state index contributed by atoms with van der Waals surface area (Å²) < 4.78 is 0. The Bertz CT molecular complexity index is 115. The van der Waals surface area contributed by atoms with Gasteiger partial charge in [-0.25, -0.2) is 0 Å². The van der Waals surface area contributed by atoms with Crippen molar-refractivity contribution in [2.24, 2.45) is 11.8 Å². The SMILES string of the molecule is C.C.C.C.C=[C-]C.C=[C-]C.C[CH-]CC(C)CC(C)C.[CH2-]C.[W+2].[W+2]. The van der Waals surface area contributed by atoms with Crippen LogP contribution in [0.25, 0.3) is 0 Å². The molecule has 0 saturated carbocycles. The van der Waals surface area contributed by atoms with Crippen LogP contribution in [0.5, 0.6) is 0 Å². The maximum atomic E-state index is 3.25. The molecule has 1 atom stereocenters. The molecule has 0 amide bonds. The van der Waals surface area contributed by atoms with Crippen LogP contribution < -0.4 is 0 Å². The van der Waals surface area contributed by atoms with Crippen molar-refractivity contribution < 1.29 is 42.1 Å². The third kappa shape index (κ3) is 161. The molecule has 0 spiro atoms. The topological polar surface area (TPSA) is 0 Å². The average Bonchev–Trinajstić information content (AvgIpc) is 2.22. The largest absolute Gasteiger partial charge is 2.00 e. The van der Waals surface area contributed by atoms with E-state index in [-0.39, 0.29) is 71.8 Å².